The van der Waals surface area contributed by atoms with Crippen LogP contribution in [0, 0.1) is 0 Å². The van der Waals surface area contributed by atoms with Gasteiger partial charge in [-0.05, 0) is 64.4 Å². The molecule has 0 bridgehead atoms. The molecule has 1 aliphatic heterocycles. The molecule has 0 saturated carbocycles. The average Bonchev–Trinajstić information content (AvgIpc) is 2.61. The van der Waals surface area contributed by atoms with Crippen LogP contribution in [0.5, 0.6) is 0 Å². The van der Waals surface area contributed by atoms with Crippen molar-refractivity contribution in [1.82, 2.24) is 10.6 Å². The Kier molecular flexibility index (Phi) is 8.54. The van der Waals surface area contributed by atoms with E-state index in [2.05, 4.69) is 16.0 Å². The molecule has 0 radical (unpaired) electrons. The third kappa shape index (κ3) is 5.82. The minimum absolute atomic E-state index is 0. The monoisotopic (exact) mass is 417 g/mol. The molecule has 1 aromatic carbocycles. The summed E-state index contributed by atoms with van der Waals surface area (Å²) in [5.74, 6) is -0.423. The fourth-order valence-electron chi connectivity index (χ4n) is 2.84. The fourth-order valence-corrected chi connectivity index (χ4v) is 3.11. The zero-order chi connectivity index (χ0) is 19.4. The highest BCUT2D eigenvalue weighted by atomic mass is 35.5. The third-order valence-electron chi connectivity index (χ3n) is 5.02. The van der Waals surface area contributed by atoms with Crippen molar-refractivity contribution in [3.8, 4) is 0 Å². The fraction of sp³-hybridized carbons (Fsp3) is 0.579. The van der Waals surface area contributed by atoms with E-state index < -0.39 is 5.60 Å². The lowest BCUT2D eigenvalue weighted by Crippen LogP contribution is -2.51. The van der Waals surface area contributed by atoms with Gasteiger partial charge in [0.15, 0.2) is 0 Å². The number of hydrogen-bond acceptors (Lipinski definition) is 4. The Morgan fingerprint density at radius 1 is 1.30 bits per heavy atom. The summed E-state index contributed by atoms with van der Waals surface area (Å²) in [6.07, 6.45) is 2.02. The van der Waals surface area contributed by atoms with Crippen molar-refractivity contribution in [2.75, 3.05) is 25.5 Å². The van der Waals surface area contributed by atoms with Crippen molar-refractivity contribution < 1.29 is 14.3 Å². The van der Waals surface area contributed by atoms with Gasteiger partial charge in [0, 0.05) is 18.3 Å². The van der Waals surface area contributed by atoms with Gasteiger partial charge >= 0.3 is 0 Å². The largest absolute Gasteiger partial charge is 0.368 e. The van der Waals surface area contributed by atoms with Crippen LogP contribution in [0.15, 0.2) is 18.2 Å². The molecule has 1 heterocycles. The second-order valence-corrected chi connectivity index (χ2v) is 7.70. The number of carbonyl (C=O) groups excluding carboxylic acids is 2. The number of nitrogens with one attached hydrogen (secondary N) is 3. The number of hydrogen-bond donors (Lipinski definition) is 3. The Hall–Kier alpha value is -1.34. The van der Waals surface area contributed by atoms with Crippen molar-refractivity contribution in [3.05, 3.63) is 28.8 Å². The van der Waals surface area contributed by atoms with Crippen LogP contribution in [0.1, 0.15) is 50.4 Å². The van der Waals surface area contributed by atoms with E-state index in [0.29, 0.717) is 29.1 Å². The predicted octanol–water partition coefficient (Wildman–Crippen LogP) is 3.39. The number of amides is 2. The van der Waals surface area contributed by atoms with Crippen LogP contribution in [-0.2, 0) is 9.53 Å². The second-order valence-electron chi connectivity index (χ2n) is 7.29. The van der Waals surface area contributed by atoms with Gasteiger partial charge in [-0.3, -0.25) is 9.59 Å². The molecule has 3 N–H and O–H groups in total. The second kappa shape index (κ2) is 9.73. The summed E-state index contributed by atoms with van der Waals surface area (Å²) >= 11 is 6.28. The summed E-state index contributed by atoms with van der Waals surface area (Å²) in [7, 11) is 1.56. The maximum atomic E-state index is 12.7. The first-order valence-electron chi connectivity index (χ1n) is 8.92. The Morgan fingerprint density at radius 3 is 2.44 bits per heavy atom. The molecule has 0 atom stereocenters. The van der Waals surface area contributed by atoms with Crippen LogP contribution in [0.3, 0.4) is 0 Å². The van der Waals surface area contributed by atoms with Gasteiger partial charge in [0.25, 0.3) is 11.8 Å². The summed E-state index contributed by atoms with van der Waals surface area (Å²) in [6, 6.07) is 4.90. The zero-order valence-corrected chi connectivity index (χ0v) is 17.9. The van der Waals surface area contributed by atoms with Gasteiger partial charge in [0.1, 0.15) is 5.60 Å². The van der Waals surface area contributed by atoms with Crippen molar-refractivity contribution in [1.29, 1.82) is 0 Å². The van der Waals surface area contributed by atoms with Gasteiger partial charge < -0.3 is 20.7 Å². The van der Waals surface area contributed by atoms with Crippen molar-refractivity contribution in [3.63, 3.8) is 0 Å². The summed E-state index contributed by atoms with van der Waals surface area (Å²) in [5.41, 5.74) is -0.220. The first-order valence-corrected chi connectivity index (χ1v) is 9.30. The summed E-state index contributed by atoms with van der Waals surface area (Å²) in [4.78, 5) is 25.1. The molecule has 8 heteroatoms. The molecule has 1 aliphatic rings. The summed E-state index contributed by atoms with van der Waals surface area (Å²) in [5, 5.41) is 9.33. The standard InChI is InChI=1S/C19H28ClN3O3.ClH/c1-5-18(2,3)23-16(24)14-7-6-13(12-15(14)20)22-17(25)19(26-4)8-10-21-11-9-19;/h6-7,12,21H,5,8-11H2,1-4H3,(H,22,25)(H,23,24);1H. The molecule has 0 aliphatic carbocycles. The van der Waals surface area contributed by atoms with Gasteiger partial charge in [-0.15, -0.1) is 12.4 Å². The lowest BCUT2D eigenvalue weighted by atomic mass is 9.91. The van der Waals surface area contributed by atoms with Crippen LogP contribution >= 0.6 is 24.0 Å². The van der Waals surface area contributed by atoms with E-state index in [4.69, 9.17) is 16.3 Å². The minimum atomic E-state index is -0.834. The number of anilines is 1. The van der Waals surface area contributed by atoms with E-state index >= 15 is 0 Å². The topological polar surface area (TPSA) is 79.5 Å². The molecule has 1 saturated heterocycles. The number of piperidine rings is 1. The van der Waals surface area contributed by atoms with E-state index in [-0.39, 0.29) is 29.8 Å². The smallest absolute Gasteiger partial charge is 0.256 e. The maximum Gasteiger partial charge on any atom is 0.256 e. The maximum absolute atomic E-state index is 12.7. The quantitative estimate of drug-likeness (QED) is 0.662. The molecular weight excluding hydrogens is 389 g/mol. The SMILES string of the molecule is CCC(C)(C)NC(=O)c1ccc(NC(=O)C2(OC)CCNCC2)cc1Cl.Cl. The van der Waals surface area contributed by atoms with Gasteiger partial charge in [-0.25, -0.2) is 0 Å². The number of halogens is 2. The number of methoxy groups -OCH3 is 1. The molecular formula is C19H29Cl2N3O3. The van der Waals surface area contributed by atoms with Gasteiger partial charge in [0.2, 0.25) is 0 Å². The van der Waals surface area contributed by atoms with Crippen molar-refractivity contribution >= 4 is 41.5 Å². The highest BCUT2D eigenvalue weighted by Gasteiger charge is 2.39. The lowest BCUT2D eigenvalue weighted by Gasteiger charge is -2.34. The molecule has 2 rings (SSSR count). The molecule has 6 nitrogen and oxygen atoms in total. The molecule has 1 fully saturated rings. The summed E-state index contributed by atoms with van der Waals surface area (Å²) < 4.78 is 5.52. The third-order valence-corrected chi connectivity index (χ3v) is 5.34. The minimum Gasteiger partial charge on any atom is -0.368 e. The molecule has 2 amide bonds. The molecule has 27 heavy (non-hydrogen) atoms. The number of ether oxygens (including phenoxy) is 1. The Bertz CT molecular complexity index is 674. The van der Waals surface area contributed by atoms with Crippen LogP contribution in [0.25, 0.3) is 0 Å². The van der Waals surface area contributed by atoms with Crippen LogP contribution in [0.2, 0.25) is 5.02 Å². The zero-order valence-electron chi connectivity index (χ0n) is 16.3. The number of carbonyl (C=O) groups is 2. The van der Waals surface area contributed by atoms with Crippen molar-refractivity contribution in [2.45, 2.75) is 51.2 Å². The molecule has 1 aromatic rings. The van der Waals surface area contributed by atoms with E-state index in [9.17, 15) is 9.59 Å². The van der Waals surface area contributed by atoms with Gasteiger partial charge in [-0.2, -0.15) is 0 Å². The first-order chi connectivity index (χ1) is 12.2. The summed E-state index contributed by atoms with van der Waals surface area (Å²) in [6.45, 7) is 7.38. The molecule has 0 spiro atoms. The molecule has 152 valence electrons. The lowest BCUT2D eigenvalue weighted by molar-refractivity contribution is -0.140. The van der Waals surface area contributed by atoms with Crippen LogP contribution in [0.4, 0.5) is 5.69 Å². The number of benzene rings is 1. The Balaban J connectivity index is 0.00000364. The van der Waals surface area contributed by atoms with Crippen LogP contribution in [-0.4, -0.2) is 43.2 Å². The average molecular weight is 418 g/mol. The molecule has 0 unspecified atom stereocenters. The van der Waals surface area contributed by atoms with E-state index in [0.717, 1.165) is 19.5 Å². The van der Waals surface area contributed by atoms with E-state index in [1.54, 1.807) is 25.3 Å². The van der Waals surface area contributed by atoms with Crippen molar-refractivity contribution in [2.24, 2.45) is 0 Å². The molecule has 0 aromatic heterocycles. The Morgan fingerprint density at radius 2 is 1.93 bits per heavy atom. The first kappa shape index (κ1) is 23.7. The normalized spacial score (nSPS) is 16.2. The Labute approximate surface area is 172 Å². The van der Waals surface area contributed by atoms with E-state index in [1.165, 1.54) is 0 Å². The van der Waals surface area contributed by atoms with Gasteiger partial charge in [0.05, 0.1) is 10.6 Å². The van der Waals surface area contributed by atoms with Gasteiger partial charge in [-0.1, -0.05) is 18.5 Å². The van der Waals surface area contributed by atoms with Crippen LogP contribution < -0.4 is 16.0 Å². The number of rotatable bonds is 6. The van der Waals surface area contributed by atoms with E-state index in [1.807, 2.05) is 20.8 Å². The highest BCUT2D eigenvalue weighted by Crippen LogP contribution is 2.27. The highest BCUT2D eigenvalue weighted by molar-refractivity contribution is 6.34. The predicted molar refractivity (Wildman–Crippen MR) is 111 cm³/mol.